The van der Waals surface area contributed by atoms with Gasteiger partial charge < -0.3 is 10.2 Å². The van der Waals surface area contributed by atoms with E-state index in [1.54, 1.807) is 31.6 Å². The lowest BCUT2D eigenvalue weighted by Gasteiger charge is -2.24. The van der Waals surface area contributed by atoms with E-state index in [-0.39, 0.29) is 6.04 Å². The molecule has 0 radical (unpaired) electrons. The van der Waals surface area contributed by atoms with Crippen LogP contribution in [0.1, 0.15) is 29.7 Å². The van der Waals surface area contributed by atoms with Gasteiger partial charge in [-0.05, 0) is 44.0 Å². The molecule has 0 spiro atoms. The molecule has 1 N–H and O–H groups in total. The van der Waals surface area contributed by atoms with Crippen molar-refractivity contribution in [2.45, 2.75) is 26.8 Å². The minimum atomic E-state index is -0.643. The second-order valence-electron chi connectivity index (χ2n) is 5.65. The van der Waals surface area contributed by atoms with E-state index in [4.69, 9.17) is 0 Å². The molecule has 1 atom stereocenters. The fourth-order valence-corrected chi connectivity index (χ4v) is 2.31. The molecule has 120 valence electrons. The average Bonchev–Trinajstić information content (AvgIpc) is 2.56. The fourth-order valence-electron chi connectivity index (χ4n) is 2.31. The molecule has 0 bridgehead atoms. The first-order chi connectivity index (χ1) is 10.9. The fraction of sp³-hybridized carbons (Fsp3) is 0.278. The Bertz CT molecular complexity index is 713. The molecule has 0 saturated carbocycles. The first-order valence-electron chi connectivity index (χ1n) is 7.45. The Morgan fingerprint density at radius 1 is 1.22 bits per heavy atom. The molecule has 0 aliphatic heterocycles. The summed E-state index contributed by atoms with van der Waals surface area (Å²) in [5.41, 5.74) is 3.56. The number of pyridine rings is 1. The summed E-state index contributed by atoms with van der Waals surface area (Å²) in [6, 6.07) is 9.11. The molecule has 2 amide bonds. The van der Waals surface area contributed by atoms with E-state index in [2.05, 4.69) is 10.3 Å². The van der Waals surface area contributed by atoms with Crippen molar-refractivity contribution in [3.8, 4) is 0 Å². The number of hydrogen-bond acceptors (Lipinski definition) is 3. The number of benzene rings is 1. The Labute approximate surface area is 136 Å². The number of amides is 2. The molecule has 0 aliphatic carbocycles. The predicted octanol–water partition coefficient (Wildman–Crippen LogP) is 2.86. The van der Waals surface area contributed by atoms with Gasteiger partial charge in [0, 0.05) is 25.1 Å². The standard InChI is InChI=1S/C18H21N3O2/c1-12-7-8-16(13(2)10-12)20-17(22)18(23)21(4)14(3)15-6-5-9-19-11-15/h5-11,14H,1-4H3,(H,20,22)/t14-/m1/s1. The van der Waals surface area contributed by atoms with Crippen LogP contribution in [0.4, 0.5) is 5.69 Å². The number of nitrogens with one attached hydrogen (secondary N) is 1. The second kappa shape index (κ2) is 7.05. The summed E-state index contributed by atoms with van der Waals surface area (Å²) in [7, 11) is 1.61. The van der Waals surface area contributed by atoms with Crippen molar-refractivity contribution >= 4 is 17.5 Å². The molecule has 1 aromatic heterocycles. The van der Waals surface area contributed by atoms with Crippen LogP contribution in [0.25, 0.3) is 0 Å². The number of aryl methyl sites for hydroxylation is 2. The van der Waals surface area contributed by atoms with Gasteiger partial charge in [0.15, 0.2) is 0 Å². The van der Waals surface area contributed by atoms with Gasteiger partial charge in [-0.25, -0.2) is 0 Å². The van der Waals surface area contributed by atoms with Crippen LogP contribution in [0.3, 0.4) is 0 Å². The Morgan fingerprint density at radius 2 is 1.96 bits per heavy atom. The van der Waals surface area contributed by atoms with Crippen molar-refractivity contribution in [1.29, 1.82) is 0 Å². The van der Waals surface area contributed by atoms with Crippen LogP contribution < -0.4 is 5.32 Å². The van der Waals surface area contributed by atoms with Gasteiger partial charge in [-0.2, -0.15) is 0 Å². The molecule has 0 unspecified atom stereocenters. The summed E-state index contributed by atoms with van der Waals surface area (Å²) < 4.78 is 0. The molecular formula is C18H21N3O2. The highest BCUT2D eigenvalue weighted by atomic mass is 16.2. The number of hydrogen-bond donors (Lipinski definition) is 1. The van der Waals surface area contributed by atoms with Gasteiger partial charge in [-0.1, -0.05) is 23.8 Å². The number of carbonyl (C=O) groups excluding carboxylic acids is 2. The zero-order valence-corrected chi connectivity index (χ0v) is 13.8. The van der Waals surface area contributed by atoms with Crippen LogP contribution in [0, 0.1) is 13.8 Å². The van der Waals surface area contributed by atoms with Gasteiger partial charge in [-0.3, -0.25) is 14.6 Å². The average molecular weight is 311 g/mol. The highest BCUT2D eigenvalue weighted by molar-refractivity contribution is 6.39. The number of rotatable bonds is 3. The van der Waals surface area contributed by atoms with Crippen LogP contribution in [-0.2, 0) is 9.59 Å². The number of carbonyl (C=O) groups is 2. The molecule has 2 rings (SSSR count). The number of nitrogens with zero attached hydrogens (tertiary/aromatic N) is 2. The van der Waals surface area contributed by atoms with Gasteiger partial charge in [0.2, 0.25) is 0 Å². The molecule has 1 aromatic carbocycles. The van der Waals surface area contributed by atoms with Crippen LogP contribution in [-0.4, -0.2) is 28.7 Å². The maximum absolute atomic E-state index is 12.3. The first-order valence-corrected chi connectivity index (χ1v) is 7.45. The maximum atomic E-state index is 12.3. The minimum Gasteiger partial charge on any atom is -0.331 e. The molecular weight excluding hydrogens is 290 g/mol. The summed E-state index contributed by atoms with van der Waals surface area (Å²) in [5, 5.41) is 2.68. The van der Waals surface area contributed by atoms with Crippen LogP contribution in [0.15, 0.2) is 42.7 Å². The summed E-state index contributed by atoms with van der Waals surface area (Å²) in [6.07, 6.45) is 3.36. The lowest BCUT2D eigenvalue weighted by molar-refractivity contribution is -0.143. The number of aromatic nitrogens is 1. The third kappa shape index (κ3) is 3.94. The third-order valence-corrected chi connectivity index (χ3v) is 3.89. The van der Waals surface area contributed by atoms with E-state index in [1.165, 1.54) is 4.90 Å². The highest BCUT2D eigenvalue weighted by Crippen LogP contribution is 2.19. The molecule has 0 aliphatic rings. The summed E-state index contributed by atoms with van der Waals surface area (Å²) in [4.78, 5) is 30.0. The van der Waals surface area contributed by atoms with E-state index in [0.717, 1.165) is 16.7 Å². The van der Waals surface area contributed by atoms with Crippen molar-refractivity contribution in [2.75, 3.05) is 12.4 Å². The highest BCUT2D eigenvalue weighted by Gasteiger charge is 2.24. The molecule has 5 heteroatoms. The molecule has 0 saturated heterocycles. The zero-order chi connectivity index (χ0) is 17.0. The van der Waals surface area contributed by atoms with Crippen molar-refractivity contribution in [1.82, 2.24) is 9.88 Å². The number of likely N-dealkylation sites (N-methyl/N-ethyl adjacent to an activating group) is 1. The van der Waals surface area contributed by atoms with Gasteiger partial charge in [0.1, 0.15) is 0 Å². The summed E-state index contributed by atoms with van der Waals surface area (Å²) in [5.74, 6) is -1.23. The smallest absolute Gasteiger partial charge is 0.313 e. The van der Waals surface area contributed by atoms with E-state index < -0.39 is 11.8 Å². The van der Waals surface area contributed by atoms with Crippen LogP contribution in [0.5, 0.6) is 0 Å². The van der Waals surface area contributed by atoms with Crippen LogP contribution in [0.2, 0.25) is 0 Å². The lowest BCUT2D eigenvalue weighted by atomic mass is 10.1. The van der Waals surface area contributed by atoms with Gasteiger partial charge in [0.05, 0.1) is 6.04 Å². The summed E-state index contributed by atoms with van der Waals surface area (Å²) in [6.45, 7) is 5.74. The zero-order valence-electron chi connectivity index (χ0n) is 13.8. The Kier molecular flexibility index (Phi) is 5.11. The largest absolute Gasteiger partial charge is 0.331 e. The van der Waals surface area contributed by atoms with Gasteiger partial charge in [-0.15, -0.1) is 0 Å². The van der Waals surface area contributed by atoms with E-state index >= 15 is 0 Å². The molecule has 5 nitrogen and oxygen atoms in total. The molecule has 2 aromatic rings. The summed E-state index contributed by atoms with van der Waals surface area (Å²) >= 11 is 0. The van der Waals surface area contributed by atoms with Crippen molar-refractivity contribution in [3.63, 3.8) is 0 Å². The second-order valence-corrected chi connectivity index (χ2v) is 5.65. The van der Waals surface area contributed by atoms with Crippen LogP contribution >= 0.6 is 0 Å². The monoisotopic (exact) mass is 311 g/mol. The normalized spacial score (nSPS) is 11.7. The van der Waals surface area contributed by atoms with Gasteiger partial charge in [0.25, 0.3) is 0 Å². The number of anilines is 1. The van der Waals surface area contributed by atoms with Crippen molar-refractivity contribution in [3.05, 3.63) is 59.4 Å². The Balaban J connectivity index is 2.08. The molecule has 0 fully saturated rings. The Morgan fingerprint density at radius 3 is 2.57 bits per heavy atom. The van der Waals surface area contributed by atoms with E-state index in [0.29, 0.717) is 5.69 Å². The third-order valence-electron chi connectivity index (χ3n) is 3.89. The maximum Gasteiger partial charge on any atom is 0.313 e. The van der Waals surface area contributed by atoms with Crippen molar-refractivity contribution in [2.24, 2.45) is 0 Å². The predicted molar refractivity (Wildman–Crippen MR) is 90.0 cm³/mol. The quantitative estimate of drug-likeness (QED) is 0.887. The first kappa shape index (κ1) is 16.7. The van der Waals surface area contributed by atoms with E-state index in [9.17, 15) is 9.59 Å². The van der Waals surface area contributed by atoms with Crippen molar-refractivity contribution < 1.29 is 9.59 Å². The molecule has 1 heterocycles. The van der Waals surface area contributed by atoms with E-state index in [1.807, 2.05) is 39.0 Å². The van der Waals surface area contributed by atoms with Gasteiger partial charge >= 0.3 is 11.8 Å². The SMILES string of the molecule is Cc1ccc(NC(=O)C(=O)N(C)[C@H](C)c2cccnc2)c(C)c1. The molecule has 23 heavy (non-hydrogen) atoms. The Hall–Kier alpha value is -2.69. The lowest BCUT2D eigenvalue weighted by Crippen LogP contribution is -2.38. The minimum absolute atomic E-state index is 0.235. The topological polar surface area (TPSA) is 62.3 Å².